The molecule has 0 fully saturated rings. The van der Waals surface area contributed by atoms with Crippen LogP contribution in [-0.4, -0.2) is 19.6 Å². The lowest BCUT2D eigenvalue weighted by atomic mass is 9.97. The van der Waals surface area contributed by atoms with Crippen molar-refractivity contribution in [2.24, 2.45) is 17.6 Å². The van der Waals surface area contributed by atoms with Gasteiger partial charge in [0.25, 0.3) is 0 Å². The smallest absolute Gasteiger partial charge is 0.00488 e. The molecule has 0 spiro atoms. The Morgan fingerprint density at radius 2 is 1.65 bits per heavy atom. The van der Waals surface area contributed by atoms with Crippen molar-refractivity contribution in [1.82, 2.24) is 5.32 Å². The molecule has 1 atom stereocenters. The van der Waals surface area contributed by atoms with E-state index in [4.69, 9.17) is 5.73 Å². The quantitative estimate of drug-likeness (QED) is 0.514. The van der Waals surface area contributed by atoms with Crippen LogP contribution in [0, 0.1) is 11.8 Å². The Morgan fingerprint density at radius 3 is 2.24 bits per heavy atom. The van der Waals surface area contributed by atoms with Crippen LogP contribution < -0.4 is 11.1 Å². The molecule has 17 heavy (non-hydrogen) atoms. The third kappa shape index (κ3) is 12.2. The summed E-state index contributed by atoms with van der Waals surface area (Å²) in [6.45, 7) is 10.1. The van der Waals surface area contributed by atoms with Gasteiger partial charge in [-0.1, -0.05) is 40.0 Å². The highest BCUT2D eigenvalue weighted by Gasteiger charge is 2.04. The van der Waals surface area contributed by atoms with Crippen LogP contribution in [0.3, 0.4) is 0 Å². The summed E-state index contributed by atoms with van der Waals surface area (Å²) in [5.74, 6) is 1.71. The molecule has 0 aliphatic carbocycles. The zero-order valence-electron chi connectivity index (χ0n) is 12.3. The zero-order chi connectivity index (χ0) is 12.9. The van der Waals surface area contributed by atoms with Gasteiger partial charge in [-0.2, -0.15) is 0 Å². The normalized spacial score (nSPS) is 13.2. The van der Waals surface area contributed by atoms with Crippen molar-refractivity contribution in [3.05, 3.63) is 0 Å². The van der Waals surface area contributed by atoms with Gasteiger partial charge in [0.05, 0.1) is 0 Å². The Balaban J connectivity index is 3.17. The molecular weight excluding hydrogens is 208 g/mol. The third-order valence-electron chi connectivity index (χ3n) is 3.50. The molecule has 0 aliphatic rings. The third-order valence-corrected chi connectivity index (χ3v) is 3.50. The van der Waals surface area contributed by atoms with Crippen molar-refractivity contribution in [1.29, 1.82) is 0 Å². The summed E-state index contributed by atoms with van der Waals surface area (Å²) >= 11 is 0. The van der Waals surface area contributed by atoms with Crippen molar-refractivity contribution in [2.45, 2.75) is 65.7 Å². The second-order valence-corrected chi connectivity index (χ2v) is 5.63. The van der Waals surface area contributed by atoms with E-state index in [1.807, 2.05) is 0 Å². The van der Waals surface area contributed by atoms with Gasteiger partial charge in [0.15, 0.2) is 0 Å². The van der Waals surface area contributed by atoms with Crippen LogP contribution in [0.15, 0.2) is 0 Å². The van der Waals surface area contributed by atoms with Crippen LogP contribution in [0.2, 0.25) is 0 Å². The van der Waals surface area contributed by atoms with Crippen molar-refractivity contribution in [2.75, 3.05) is 19.6 Å². The average Bonchev–Trinajstić information content (AvgIpc) is 2.30. The van der Waals surface area contributed by atoms with Crippen molar-refractivity contribution in [3.63, 3.8) is 0 Å². The first kappa shape index (κ1) is 16.9. The minimum Gasteiger partial charge on any atom is -0.330 e. The standard InChI is InChI=1S/C15H34N2/c1-4-15(10-11-16)9-7-13-17-12-6-5-8-14(2)3/h14-15,17H,4-13,16H2,1-3H3. The highest BCUT2D eigenvalue weighted by atomic mass is 14.8. The first-order chi connectivity index (χ1) is 8.20. The fourth-order valence-corrected chi connectivity index (χ4v) is 2.23. The second kappa shape index (κ2) is 12.4. The van der Waals surface area contributed by atoms with E-state index in [1.165, 1.54) is 58.0 Å². The van der Waals surface area contributed by atoms with Gasteiger partial charge in [-0.15, -0.1) is 0 Å². The minimum absolute atomic E-state index is 0.848. The number of nitrogens with one attached hydrogen (secondary N) is 1. The predicted octanol–water partition coefficient (Wildman–Crippen LogP) is 3.56. The van der Waals surface area contributed by atoms with Crippen molar-refractivity contribution < 1.29 is 0 Å². The number of unbranched alkanes of at least 4 members (excludes halogenated alkanes) is 1. The molecule has 0 aliphatic heterocycles. The SMILES string of the molecule is CCC(CCN)CCCNCCCCC(C)C. The van der Waals surface area contributed by atoms with E-state index in [1.54, 1.807) is 0 Å². The number of hydrogen-bond donors (Lipinski definition) is 2. The molecule has 2 nitrogen and oxygen atoms in total. The van der Waals surface area contributed by atoms with Crippen LogP contribution in [0.1, 0.15) is 65.7 Å². The van der Waals surface area contributed by atoms with E-state index < -0.39 is 0 Å². The van der Waals surface area contributed by atoms with E-state index >= 15 is 0 Å². The van der Waals surface area contributed by atoms with E-state index in [0.717, 1.165) is 18.4 Å². The summed E-state index contributed by atoms with van der Waals surface area (Å²) in [5, 5.41) is 3.55. The number of nitrogens with two attached hydrogens (primary N) is 1. The molecule has 0 saturated carbocycles. The van der Waals surface area contributed by atoms with E-state index in [-0.39, 0.29) is 0 Å². The molecule has 0 bridgehead atoms. The molecule has 0 heterocycles. The molecule has 3 N–H and O–H groups in total. The van der Waals surface area contributed by atoms with E-state index in [9.17, 15) is 0 Å². The van der Waals surface area contributed by atoms with Gasteiger partial charge in [-0.25, -0.2) is 0 Å². The highest BCUT2D eigenvalue weighted by Crippen LogP contribution is 2.13. The van der Waals surface area contributed by atoms with Gasteiger partial charge in [0.2, 0.25) is 0 Å². The van der Waals surface area contributed by atoms with Gasteiger partial charge in [-0.3, -0.25) is 0 Å². The molecule has 2 heteroatoms. The Labute approximate surface area is 109 Å². The van der Waals surface area contributed by atoms with Crippen LogP contribution in [0.4, 0.5) is 0 Å². The Kier molecular flexibility index (Phi) is 12.3. The lowest BCUT2D eigenvalue weighted by Gasteiger charge is -2.13. The molecular formula is C15H34N2. The summed E-state index contributed by atoms with van der Waals surface area (Å²) in [6, 6.07) is 0. The molecule has 0 saturated heterocycles. The van der Waals surface area contributed by atoms with Gasteiger partial charge in [0.1, 0.15) is 0 Å². The lowest BCUT2D eigenvalue weighted by molar-refractivity contribution is 0.420. The molecule has 0 aromatic carbocycles. The van der Waals surface area contributed by atoms with Crippen LogP contribution >= 0.6 is 0 Å². The Morgan fingerprint density at radius 1 is 0.941 bits per heavy atom. The summed E-state index contributed by atoms with van der Waals surface area (Å²) in [5.41, 5.74) is 5.60. The van der Waals surface area contributed by atoms with Gasteiger partial charge in [-0.05, 0) is 57.2 Å². The maximum absolute atomic E-state index is 5.60. The fourth-order valence-electron chi connectivity index (χ4n) is 2.23. The lowest BCUT2D eigenvalue weighted by Crippen LogP contribution is -2.18. The summed E-state index contributed by atoms with van der Waals surface area (Å²) < 4.78 is 0. The highest BCUT2D eigenvalue weighted by molar-refractivity contribution is 4.59. The summed E-state index contributed by atoms with van der Waals surface area (Å²) in [4.78, 5) is 0. The molecule has 0 aromatic heterocycles. The van der Waals surface area contributed by atoms with E-state index in [2.05, 4.69) is 26.1 Å². The number of rotatable bonds is 12. The van der Waals surface area contributed by atoms with Crippen LogP contribution in [0.25, 0.3) is 0 Å². The number of hydrogen-bond acceptors (Lipinski definition) is 2. The summed E-state index contributed by atoms with van der Waals surface area (Å²) in [6.07, 6.45) is 9.20. The first-order valence-electron chi connectivity index (χ1n) is 7.61. The summed E-state index contributed by atoms with van der Waals surface area (Å²) in [7, 11) is 0. The topological polar surface area (TPSA) is 38.0 Å². The van der Waals surface area contributed by atoms with E-state index in [0.29, 0.717) is 0 Å². The maximum atomic E-state index is 5.60. The van der Waals surface area contributed by atoms with Crippen molar-refractivity contribution >= 4 is 0 Å². The van der Waals surface area contributed by atoms with Gasteiger partial charge < -0.3 is 11.1 Å². The van der Waals surface area contributed by atoms with Gasteiger partial charge in [0, 0.05) is 0 Å². The molecule has 0 amide bonds. The molecule has 0 radical (unpaired) electrons. The zero-order valence-corrected chi connectivity index (χ0v) is 12.3. The molecule has 104 valence electrons. The maximum Gasteiger partial charge on any atom is -0.00488 e. The Bertz CT molecular complexity index is 146. The van der Waals surface area contributed by atoms with Crippen molar-refractivity contribution in [3.8, 4) is 0 Å². The second-order valence-electron chi connectivity index (χ2n) is 5.63. The predicted molar refractivity (Wildman–Crippen MR) is 78.2 cm³/mol. The largest absolute Gasteiger partial charge is 0.330 e. The molecule has 0 rings (SSSR count). The average molecular weight is 242 g/mol. The fraction of sp³-hybridized carbons (Fsp3) is 1.00. The van der Waals surface area contributed by atoms with Gasteiger partial charge >= 0.3 is 0 Å². The van der Waals surface area contributed by atoms with Crippen LogP contribution in [0.5, 0.6) is 0 Å². The molecule has 1 unspecified atom stereocenters. The monoisotopic (exact) mass is 242 g/mol. The first-order valence-corrected chi connectivity index (χ1v) is 7.61. The molecule has 0 aromatic rings. The minimum atomic E-state index is 0.848. The van der Waals surface area contributed by atoms with Crippen LogP contribution in [-0.2, 0) is 0 Å². The Hall–Kier alpha value is -0.0800.